The Kier molecular flexibility index (Phi) is 4.68. The Morgan fingerprint density at radius 1 is 1.00 bits per heavy atom. The second-order valence-electron chi connectivity index (χ2n) is 4.97. The maximum Gasteiger partial charge on any atom is 0.417 e. The molecule has 2 aromatic carbocycles. The molecule has 0 aromatic heterocycles. The van der Waals surface area contributed by atoms with Crippen LogP contribution in [0.25, 0.3) is 11.1 Å². The number of hydrogen-bond donors (Lipinski definition) is 1. The first-order chi connectivity index (χ1) is 9.93. The zero-order valence-corrected chi connectivity index (χ0v) is 12.1. The standard InChI is InChI=1S/C17H18F3N/c1-3-21-11-13-9-8-12(2)15(10-13)14-6-4-5-7-16(14)17(18,19)20/h4-10,21H,3,11H2,1-2H3. The van der Waals surface area contributed by atoms with Gasteiger partial charge in [0.15, 0.2) is 0 Å². The summed E-state index contributed by atoms with van der Waals surface area (Å²) in [6.45, 7) is 5.30. The highest BCUT2D eigenvalue weighted by Gasteiger charge is 2.33. The van der Waals surface area contributed by atoms with Crippen LogP contribution in [0.4, 0.5) is 13.2 Å². The molecule has 112 valence electrons. The van der Waals surface area contributed by atoms with E-state index < -0.39 is 11.7 Å². The van der Waals surface area contributed by atoms with Crippen molar-refractivity contribution in [3.63, 3.8) is 0 Å². The SMILES string of the molecule is CCNCc1ccc(C)c(-c2ccccc2C(F)(F)F)c1. The van der Waals surface area contributed by atoms with E-state index in [1.54, 1.807) is 6.07 Å². The first-order valence-corrected chi connectivity index (χ1v) is 6.90. The Morgan fingerprint density at radius 2 is 1.71 bits per heavy atom. The number of halogens is 3. The molecular weight excluding hydrogens is 275 g/mol. The van der Waals surface area contributed by atoms with Crippen LogP contribution in [0, 0.1) is 6.92 Å². The fourth-order valence-corrected chi connectivity index (χ4v) is 2.30. The molecule has 0 unspecified atom stereocenters. The van der Waals surface area contributed by atoms with E-state index in [0.29, 0.717) is 12.1 Å². The van der Waals surface area contributed by atoms with Crippen LogP contribution in [0.2, 0.25) is 0 Å². The largest absolute Gasteiger partial charge is 0.417 e. The highest BCUT2D eigenvalue weighted by Crippen LogP contribution is 2.38. The van der Waals surface area contributed by atoms with Crippen molar-refractivity contribution in [2.45, 2.75) is 26.6 Å². The number of rotatable bonds is 4. The monoisotopic (exact) mass is 293 g/mol. The summed E-state index contributed by atoms with van der Waals surface area (Å²) in [7, 11) is 0. The molecular formula is C17H18F3N. The Labute approximate surface area is 122 Å². The number of benzene rings is 2. The lowest BCUT2D eigenvalue weighted by Gasteiger charge is -2.15. The zero-order chi connectivity index (χ0) is 15.5. The van der Waals surface area contributed by atoms with Crippen LogP contribution in [-0.4, -0.2) is 6.54 Å². The van der Waals surface area contributed by atoms with E-state index >= 15 is 0 Å². The van der Waals surface area contributed by atoms with E-state index in [1.165, 1.54) is 12.1 Å². The molecule has 0 saturated carbocycles. The molecule has 1 N–H and O–H groups in total. The Balaban J connectivity index is 2.51. The van der Waals surface area contributed by atoms with Crippen LogP contribution < -0.4 is 5.32 Å². The van der Waals surface area contributed by atoms with Crippen LogP contribution in [0.5, 0.6) is 0 Å². The quantitative estimate of drug-likeness (QED) is 0.854. The first-order valence-electron chi connectivity index (χ1n) is 6.90. The average molecular weight is 293 g/mol. The predicted octanol–water partition coefficient (Wildman–Crippen LogP) is 4.79. The highest BCUT2D eigenvalue weighted by atomic mass is 19.4. The van der Waals surface area contributed by atoms with Crippen LogP contribution in [-0.2, 0) is 12.7 Å². The van der Waals surface area contributed by atoms with E-state index in [4.69, 9.17) is 0 Å². The smallest absolute Gasteiger partial charge is 0.313 e. The van der Waals surface area contributed by atoms with Crippen molar-refractivity contribution in [2.75, 3.05) is 6.54 Å². The van der Waals surface area contributed by atoms with Crippen molar-refractivity contribution in [3.05, 3.63) is 59.2 Å². The van der Waals surface area contributed by atoms with Crippen LogP contribution in [0.1, 0.15) is 23.6 Å². The normalized spacial score (nSPS) is 11.7. The van der Waals surface area contributed by atoms with Crippen LogP contribution in [0.3, 0.4) is 0 Å². The average Bonchev–Trinajstić information content (AvgIpc) is 2.45. The molecule has 0 aliphatic heterocycles. The van der Waals surface area contributed by atoms with E-state index in [-0.39, 0.29) is 5.56 Å². The van der Waals surface area contributed by atoms with Crippen LogP contribution in [0.15, 0.2) is 42.5 Å². The topological polar surface area (TPSA) is 12.0 Å². The Morgan fingerprint density at radius 3 is 2.38 bits per heavy atom. The van der Waals surface area contributed by atoms with Gasteiger partial charge in [0.25, 0.3) is 0 Å². The zero-order valence-electron chi connectivity index (χ0n) is 12.1. The molecule has 2 aromatic rings. The molecule has 0 amide bonds. The van der Waals surface area contributed by atoms with Crippen molar-refractivity contribution in [1.82, 2.24) is 5.32 Å². The molecule has 0 heterocycles. The maximum atomic E-state index is 13.2. The summed E-state index contributed by atoms with van der Waals surface area (Å²) >= 11 is 0. The summed E-state index contributed by atoms with van der Waals surface area (Å²) in [5, 5.41) is 3.19. The number of nitrogens with one attached hydrogen (secondary N) is 1. The summed E-state index contributed by atoms with van der Waals surface area (Å²) in [5.74, 6) is 0. The summed E-state index contributed by atoms with van der Waals surface area (Å²) in [5.41, 5.74) is 2.11. The van der Waals surface area contributed by atoms with Gasteiger partial charge in [-0.2, -0.15) is 13.2 Å². The lowest BCUT2D eigenvalue weighted by Crippen LogP contribution is -2.12. The van der Waals surface area contributed by atoms with Gasteiger partial charge in [0.05, 0.1) is 5.56 Å². The summed E-state index contributed by atoms with van der Waals surface area (Å²) in [6, 6.07) is 11.4. The molecule has 2 rings (SSSR count). The van der Waals surface area contributed by atoms with Gasteiger partial charge in [-0.15, -0.1) is 0 Å². The maximum absolute atomic E-state index is 13.2. The van der Waals surface area contributed by atoms with Crippen LogP contribution >= 0.6 is 0 Å². The van der Waals surface area contributed by atoms with Gasteiger partial charge in [-0.3, -0.25) is 0 Å². The minimum atomic E-state index is -4.35. The van der Waals surface area contributed by atoms with Gasteiger partial charge in [0.1, 0.15) is 0 Å². The Hall–Kier alpha value is -1.81. The van der Waals surface area contributed by atoms with Gasteiger partial charge in [0.2, 0.25) is 0 Å². The second-order valence-corrected chi connectivity index (χ2v) is 4.97. The minimum Gasteiger partial charge on any atom is -0.313 e. The number of hydrogen-bond acceptors (Lipinski definition) is 1. The lowest BCUT2D eigenvalue weighted by atomic mass is 9.94. The van der Waals surface area contributed by atoms with E-state index in [0.717, 1.165) is 23.7 Å². The second kappa shape index (κ2) is 6.31. The van der Waals surface area contributed by atoms with E-state index in [9.17, 15) is 13.2 Å². The summed E-state index contributed by atoms with van der Waals surface area (Å²) in [4.78, 5) is 0. The van der Waals surface area contributed by atoms with Gasteiger partial charge in [-0.25, -0.2) is 0 Å². The summed E-state index contributed by atoms with van der Waals surface area (Å²) in [6.07, 6.45) is -4.35. The van der Waals surface area contributed by atoms with Crippen molar-refractivity contribution in [2.24, 2.45) is 0 Å². The fraction of sp³-hybridized carbons (Fsp3) is 0.294. The third kappa shape index (κ3) is 3.64. The van der Waals surface area contributed by atoms with Crippen molar-refractivity contribution >= 4 is 0 Å². The van der Waals surface area contributed by atoms with Gasteiger partial charge in [-0.05, 0) is 47.9 Å². The number of aryl methyl sites for hydroxylation is 1. The van der Waals surface area contributed by atoms with Gasteiger partial charge >= 0.3 is 6.18 Å². The number of alkyl halides is 3. The molecule has 0 aliphatic rings. The van der Waals surface area contributed by atoms with Crippen molar-refractivity contribution in [1.29, 1.82) is 0 Å². The van der Waals surface area contributed by atoms with E-state index in [1.807, 2.05) is 32.0 Å². The van der Waals surface area contributed by atoms with Gasteiger partial charge in [0, 0.05) is 6.54 Å². The fourth-order valence-electron chi connectivity index (χ4n) is 2.30. The molecule has 1 nitrogen and oxygen atoms in total. The van der Waals surface area contributed by atoms with E-state index in [2.05, 4.69) is 5.32 Å². The van der Waals surface area contributed by atoms with Gasteiger partial charge < -0.3 is 5.32 Å². The molecule has 0 saturated heterocycles. The molecule has 0 bridgehead atoms. The first kappa shape index (κ1) is 15.6. The van der Waals surface area contributed by atoms with Crippen molar-refractivity contribution in [3.8, 4) is 11.1 Å². The predicted molar refractivity (Wildman–Crippen MR) is 79.0 cm³/mol. The molecule has 0 aliphatic carbocycles. The molecule has 0 atom stereocenters. The Bertz CT molecular complexity index is 618. The molecule has 21 heavy (non-hydrogen) atoms. The molecule has 4 heteroatoms. The third-order valence-electron chi connectivity index (χ3n) is 3.40. The minimum absolute atomic E-state index is 0.237. The third-order valence-corrected chi connectivity index (χ3v) is 3.40. The summed E-state index contributed by atoms with van der Waals surface area (Å²) < 4.78 is 39.5. The lowest BCUT2D eigenvalue weighted by molar-refractivity contribution is -0.137. The molecule has 0 spiro atoms. The molecule has 0 fully saturated rings. The highest BCUT2D eigenvalue weighted by molar-refractivity contribution is 5.71. The van der Waals surface area contributed by atoms with Crippen molar-refractivity contribution < 1.29 is 13.2 Å². The van der Waals surface area contributed by atoms with Gasteiger partial charge in [-0.1, -0.05) is 37.3 Å². The molecule has 0 radical (unpaired) electrons.